The van der Waals surface area contributed by atoms with Crippen LogP contribution in [0, 0.1) is 0 Å². The summed E-state index contributed by atoms with van der Waals surface area (Å²) in [5, 5.41) is 2.22. The van der Waals surface area contributed by atoms with Gasteiger partial charge in [0.05, 0.1) is 0 Å². The van der Waals surface area contributed by atoms with Crippen LogP contribution in [0.5, 0.6) is 0 Å². The molecule has 4 rings (SSSR count). The molecule has 4 heterocycles. The number of nitrogens with one attached hydrogen (secondary N) is 2. The first-order valence-electron chi connectivity index (χ1n) is 11.3. The zero-order valence-corrected chi connectivity index (χ0v) is 24.0. The van der Waals surface area contributed by atoms with Gasteiger partial charge in [-0.05, 0) is 13.8 Å². The van der Waals surface area contributed by atoms with Crippen LogP contribution in [0.2, 0.25) is 0 Å². The van der Waals surface area contributed by atoms with Crippen molar-refractivity contribution in [3.05, 3.63) is 63.9 Å². The van der Waals surface area contributed by atoms with Gasteiger partial charge in [0.1, 0.15) is 0 Å². The molecule has 0 atom stereocenters. The van der Waals surface area contributed by atoms with Crippen LogP contribution in [0.4, 0.5) is 0 Å². The first kappa shape index (κ1) is 28.1. The van der Waals surface area contributed by atoms with Gasteiger partial charge in [0.15, 0.2) is 32.6 Å². The molecular formula is C22H24Cl2N8O4S2. The van der Waals surface area contributed by atoms with E-state index in [1.165, 1.54) is 32.7 Å². The lowest BCUT2D eigenvalue weighted by Gasteiger charge is -2.07. The molecule has 0 aliphatic heterocycles. The number of rotatable bonds is 9. The van der Waals surface area contributed by atoms with Crippen LogP contribution >= 0.6 is 46.7 Å². The van der Waals surface area contributed by atoms with E-state index >= 15 is 0 Å². The van der Waals surface area contributed by atoms with E-state index in [0.29, 0.717) is 45.0 Å². The minimum absolute atomic E-state index is 0.277. The van der Waals surface area contributed by atoms with E-state index in [2.05, 4.69) is 19.9 Å². The molecule has 0 radical (unpaired) electrons. The Morgan fingerprint density at radius 3 is 1.47 bits per heavy atom. The van der Waals surface area contributed by atoms with Gasteiger partial charge in [-0.15, -0.1) is 0 Å². The van der Waals surface area contributed by atoms with Gasteiger partial charge < -0.3 is 9.13 Å². The number of allylic oxidation sites excluding steroid dienone is 4. The van der Waals surface area contributed by atoms with Crippen molar-refractivity contribution < 1.29 is 0 Å². The molecule has 202 valence electrons. The number of H-pyrrole nitrogens is 2. The molecule has 0 saturated heterocycles. The summed E-state index contributed by atoms with van der Waals surface area (Å²) in [6.45, 7) is 4.08. The third-order valence-electron chi connectivity index (χ3n) is 5.60. The zero-order chi connectivity index (χ0) is 27.7. The van der Waals surface area contributed by atoms with Crippen LogP contribution in [-0.4, -0.2) is 49.7 Å². The maximum atomic E-state index is 12.6. The van der Waals surface area contributed by atoms with Gasteiger partial charge >= 0.3 is 11.4 Å². The van der Waals surface area contributed by atoms with Crippen LogP contribution in [0.25, 0.3) is 22.3 Å². The lowest BCUT2D eigenvalue weighted by atomic mass is 10.4. The topological polar surface area (TPSA) is 145 Å². The molecule has 4 aromatic heterocycles. The predicted octanol–water partition coefficient (Wildman–Crippen LogP) is 2.33. The Bertz CT molecular complexity index is 1700. The monoisotopic (exact) mass is 598 g/mol. The van der Waals surface area contributed by atoms with Gasteiger partial charge in [0.2, 0.25) is 0 Å². The van der Waals surface area contributed by atoms with E-state index in [9.17, 15) is 19.2 Å². The van der Waals surface area contributed by atoms with E-state index in [-0.39, 0.29) is 22.3 Å². The number of halogens is 2. The smallest absolute Gasteiger partial charge is 0.309 e. The summed E-state index contributed by atoms with van der Waals surface area (Å²) < 4.78 is 6.01. The van der Waals surface area contributed by atoms with E-state index in [4.69, 9.17) is 23.2 Å². The van der Waals surface area contributed by atoms with Gasteiger partial charge in [0, 0.05) is 48.8 Å². The fourth-order valence-corrected chi connectivity index (χ4v) is 5.80. The first-order chi connectivity index (χ1) is 18.0. The third-order valence-corrected chi connectivity index (χ3v) is 8.12. The van der Waals surface area contributed by atoms with Crippen molar-refractivity contribution in [1.29, 1.82) is 0 Å². The quantitative estimate of drug-likeness (QED) is 0.220. The van der Waals surface area contributed by atoms with Gasteiger partial charge in [-0.2, -0.15) is 0 Å². The Hall–Kier alpha value is -2.94. The Morgan fingerprint density at radius 1 is 0.763 bits per heavy atom. The average molecular weight is 600 g/mol. The lowest BCUT2D eigenvalue weighted by molar-refractivity contribution is 0.741. The van der Waals surface area contributed by atoms with Gasteiger partial charge in [-0.3, -0.25) is 28.7 Å². The van der Waals surface area contributed by atoms with Crippen LogP contribution < -0.4 is 22.5 Å². The largest absolute Gasteiger partial charge is 0.329 e. The number of imidazole rings is 2. The van der Waals surface area contributed by atoms with Gasteiger partial charge in [-0.25, -0.2) is 19.6 Å². The second kappa shape index (κ2) is 11.4. The highest BCUT2D eigenvalue weighted by Gasteiger charge is 2.19. The summed E-state index contributed by atoms with van der Waals surface area (Å²) >= 11 is 14.9. The van der Waals surface area contributed by atoms with Crippen LogP contribution in [-0.2, 0) is 27.2 Å². The molecule has 4 aromatic rings. The maximum absolute atomic E-state index is 12.6. The standard InChI is InChI=1S/C22H24Cl2N8O4S2/c1-11(23)5-7-31-13-15(29(3)19(35)27-17(13)33)25-21(31)37-9-10-38-22-26-16-14(32(22)8-6-12(2)24)18(34)28-20(36)30(16)4/h5-6H,7-10H2,1-4H3,(H,27,33,35)(H,28,34,36). The van der Waals surface area contributed by atoms with Crippen LogP contribution in [0.15, 0.2) is 51.7 Å². The molecule has 0 aliphatic rings. The number of aromatic nitrogens is 8. The molecule has 2 N–H and O–H groups in total. The normalized spacial score (nSPS) is 12.8. The zero-order valence-electron chi connectivity index (χ0n) is 20.9. The Balaban J connectivity index is 1.63. The number of hydrogen-bond donors (Lipinski definition) is 2. The molecule has 0 amide bonds. The molecule has 0 unspecified atom stereocenters. The van der Waals surface area contributed by atoms with Crippen molar-refractivity contribution in [2.45, 2.75) is 37.2 Å². The average Bonchev–Trinajstić information content (AvgIpc) is 3.40. The van der Waals surface area contributed by atoms with Crippen LogP contribution in [0.1, 0.15) is 13.8 Å². The lowest BCUT2D eigenvalue weighted by Crippen LogP contribution is -2.29. The molecule has 0 aromatic carbocycles. The van der Waals surface area contributed by atoms with Gasteiger partial charge in [0.25, 0.3) is 11.1 Å². The predicted molar refractivity (Wildman–Crippen MR) is 152 cm³/mol. The van der Waals surface area contributed by atoms with Crippen molar-refractivity contribution in [3.8, 4) is 0 Å². The Labute approximate surface area is 233 Å². The van der Waals surface area contributed by atoms with E-state index in [1.54, 1.807) is 49.2 Å². The third kappa shape index (κ3) is 5.58. The molecule has 0 fully saturated rings. The molecule has 0 bridgehead atoms. The second-order valence-electron chi connectivity index (χ2n) is 8.27. The Kier molecular flexibility index (Phi) is 8.45. The number of aromatic amines is 2. The fourth-order valence-electron chi connectivity index (χ4n) is 3.69. The highest BCUT2D eigenvalue weighted by atomic mass is 35.5. The van der Waals surface area contributed by atoms with Crippen molar-refractivity contribution in [2.75, 3.05) is 11.5 Å². The summed E-state index contributed by atoms with van der Waals surface area (Å²) in [4.78, 5) is 63.0. The Morgan fingerprint density at radius 2 is 1.13 bits per heavy atom. The van der Waals surface area contributed by atoms with Crippen LogP contribution in [0.3, 0.4) is 0 Å². The number of thioether (sulfide) groups is 2. The maximum Gasteiger partial charge on any atom is 0.329 e. The number of aryl methyl sites for hydroxylation is 2. The van der Waals surface area contributed by atoms with Crippen molar-refractivity contribution >= 4 is 69.1 Å². The highest BCUT2D eigenvalue weighted by Crippen LogP contribution is 2.26. The SMILES string of the molecule is CC(Cl)=CCn1c(SCCSc2nc3c(c(=O)[nH]c(=O)n3C)n2CC=C(C)Cl)nc2c1c(=O)[nH]c(=O)n2C. The molecule has 0 aliphatic carbocycles. The van der Waals surface area contributed by atoms with Crippen molar-refractivity contribution in [3.63, 3.8) is 0 Å². The number of hydrogen-bond acceptors (Lipinski definition) is 8. The summed E-state index contributed by atoms with van der Waals surface area (Å²) in [7, 11) is 3.09. The van der Waals surface area contributed by atoms with Gasteiger partial charge in [-0.1, -0.05) is 58.9 Å². The molecule has 38 heavy (non-hydrogen) atoms. The molecule has 12 nitrogen and oxygen atoms in total. The summed E-state index contributed by atoms with van der Waals surface area (Å²) in [5.41, 5.74) is -1.03. The number of fused-ring (bicyclic) bond motifs is 2. The molecule has 16 heteroatoms. The summed E-state index contributed by atoms with van der Waals surface area (Å²) in [5.74, 6) is 1.12. The molecular weight excluding hydrogens is 575 g/mol. The van der Waals surface area contributed by atoms with Crippen molar-refractivity contribution in [2.24, 2.45) is 14.1 Å². The molecule has 0 saturated carbocycles. The summed E-state index contributed by atoms with van der Waals surface area (Å²) in [6, 6.07) is 0. The fraction of sp³-hybridized carbons (Fsp3) is 0.364. The molecule has 0 spiro atoms. The highest BCUT2D eigenvalue weighted by molar-refractivity contribution is 8.02. The minimum Gasteiger partial charge on any atom is -0.309 e. The van der Waals surface area contributed by atoms with E-state index < -0.39 is 22.5 Å². The van der Waals surface area contributed by atoms with E-state index in [1.807, 2.05) is 0 Å². The summed E-state index contributed by atoms with van der Waals surface area (Å²) in [6.07, 6.45) is 3.51. The van der Waals surface area contributed by atoms with Crippen molar-refractivity contribution in [1.82, 2.24) is 38.2 Å². The minimum atomic E-state index is -0.548. The van der Waals surface area contributed by atoms with E-state index in [0.717, 1.165) is 0 Å². The first-order valence-corrected chi connectivity index (χ1v) is 14.0. The number of nitrogens with zero attached hydrogens (tertiary/aromatic N) is 6. The second-order valence-corrected chi connectivity index (χ2v) is 11.6.